The Bertz CT molecular complexity index is 945. The van der Waals surface area contributed by atoms with Crippen LogP contribution in [-0.4, -0.2) is 6.61 Å². The molecule has 0 unspecified atom stereocenters. The summed E-state index contributed by atoms with van der Waals surface area (Å²) in [6, 6.07) is 6.57. The number of ether oxygens (including phenoxy) is 1. The lowest BCUT2D eigenvalue weighted by Crippen LogP contribution is -2.14. The second kappa shape index (κ2) is 12.2. The van der Waals surface area contributed by atoms with Gasteiger partial charge in [0.15, 0.2) is 23.2 Å². The SMILES string of the molecule is CCCOc1ccc(CCC=CC2CCC(c3ccc(CCC)c(F)c3F)CC2)c(F)c1F. The normalized spacial score (nSPS) is 18.7. The molecule has 0 heterocycles. The Morgan fingerprint density at radius 1 is 0.788 bits per heavy atom. The highest BCUT2D eigenvalue weighted by molar-refractivity contribution is 5.32. The Morgan fingerprint density at radius 2 is 1.45 bits per heavy atom. The van der Waals surface area contributed by atoms with Gasteiger partial charge >= 0.3 is 0 Å². The van der Waals surface area contributed by atoms with Gasteiger partial charge in [-0.1, -0.05) is 50.6 Å². The summed E-state index contributed by atoms with van der Waals surface area (Å²) in [4.78, 5) is 0. The van der Waals surface area contributed by atoms with Crippen molar-refractivity contribution >= 4 is 0 Å². The average molecular weight is 463 g/mol. The fourth-order valence-electron chi connectivity index (χ4n) is 4.62. The summed E-state index contributed by atoms with van der Waals surface area (Å²) in [6.07, 6.45) is 10.7. The zero-order valence-electron chi connectivity index (χ0n) is 19.6. The van der Waals surface area contributed by atoms with Crippen LogP contribution in [0.3, 0.4) is 0 Å². The molecule has 1 aliphatic carbocycles. The van der Waals surface area contributed by atoms with E-state index in [9.17, 15) is 17.6 Å². The molecule has 180 valence electrons. The molecular weight excluding hydrogens is 428 g/mol. The smallest absolute Gasteiger partial charge is 0.200 e. The van der Waals surface area contributed by atoms with E-state index in [0.717, 1.165) is 38.5 Å². The van der Waals surface area contributed by atoms with Gasteiger partial charge in [-0.05, 0) is 86.0 Å². The molecule has 0 aliphatic heterocycles. The topological polar surface area (TPSA) is 9.23 Å². The van der Waals surface area contributed by atoms with E-state index in [2.05, 4.69) is 6.08 Å². The molecule has 0 atom stereocenters. The second-order valence-electron chi connectivity index (χ2n) is 8.97. The van der Waals surface area contributed by atoms with Crippen LogP contribution in [-0.2, 0) is 12.8 Å². The summed E-state index contributed by atoms with van der Waals surface area (Å²) in [5, 5.41) is 0. The minimum atomic E-state index is -0.922. The first kappa shape index (κ1) is 25.3. The summed E-state index contributed by atoms with van der Waals surface area (Å²) >= 11 is 0. The van der Waals surface area contributed by atoms with E-state index in [4.69, 9.17) is 4.74 Å². The van der Waals surface area contributed by atoms with Crippen LogP contribution < -0.4 is 4.74 Å². The van der Waals surface area contributed by atoms with Crippen molar-refractivity contribution in [1.29, 1.82) is 0 Å². The van der Waals surface area contributed by atoms with Gasteiger partial charge in [0.2, 0.25) is 5.82 Å². The highest BCUT2D eigenvalue weighted by Crippen LogP contribution is 2.38. The van der Waals surface area contributed by atoms with Crippen molar-refractivity contribution in [3.8, 4) is 5.75 Å². The van der Waals surface area contributed by atoms with Gasteiger partial charge in [-0.2, -0.15) is 4.39 Å². The summed E-state index contributed by atoms with van der Waals surface area (Å²) in [5.41, 5.74) is 1.29. The molecule has 33 heavy (non-hydrogen) atoms. The molecule has 1 saturated carbocycles. The fraction of sp³-hybridized carbons (Fsp3) is 0.500. The zero-order valence-corrected chi connectivity index (χ0v) is 19.6. The lowest BCUT2D eigenvalue weighted by atomic mass is 9.78. The number of allylic oxidation sites excluding steroid dienone is 2. The first-order valence-corrected chi connectivity index (χ1v) is 12.2. The average Bonchev–Trinajstić information content (AvgIpc) is 2.82. The van der Waals surface area contributed by atoms with Crippen molar-refractivity contribution in [3.05, 3.63) is 76.4 Å². The van der Waals surface area contributed by atoms with Crippen LogP contribution in [0.2, 0.25) is 0 Å². The molecule has 5 heteroatoms. The number of halogens is 4. The molecule has 1 nitrogen and oxygen atoms in total. The molecule has 0 saturated heterocycles. The summed E-state index contributed by atoms with van der Waals surface area (Å²) in [6.45, 7) is 4.21. The van der Waals surface area contributed by atoms with Crippen LogP contribution in [0, 0.1) is 29.2 Å². The Hall–Kier alpha value is -2.30. The number of benzene rings is 2. The van der Waals surface area contributed by atoms with Gasteiger partial charge in [0.05, 0.1) is 6.61 Å². The maximum atomic E-state index is 14.6. The maximum Gasteiger partial charge on any atom is 0.200 e. The first-order chi connectivity index (χ1) is 16.0. The number of rotatable bonds is 10. The lowest BCUT2D eigenvalue weighted by Gasteiger charge is -2.27. The summed E-state index contributed by atoms with van der Waals surface area (Å²) in [7, 11) is 0. The zero-order chi connectivity index (χ0) is 23.8. The molecule has 2 aromatic rings. The number of hydrogen-bond donors (Lipinski definition) is 0. The molecule has 3 rings (SSSR count). The van der Waals surface area contributed by atoms with Crippen LogP contribution in [0.15, 0.2) is 36.4 Å². The van der Waals surface area contributed by atoms with Gasteiger partial charge in [0.1, 0.15) is 0 Å². The van der Waals surface area contributed by atoms with Crippen molar-refractivity contribution in [3.63, 3.8) is 0 Å². The molecule has 0 aromatic heterocycles. The molecule has 0 radical (unpaired) electrons. The number of hydrogen-bond acceptors (Lipinski definition) is 1. The molecular formula is C28H34F4O. The van der Waals surface area contributed by atoms with E-state index in [1.807, 2.05) is 19.9 Å². The lowest BCUT2D eigenvalue weighted by molar-refractivity contribution is 0.294. The van der Waals surface area contributed by atoms with Gasteiger partial charge in [0.25, 0.3) is 0 Å². The van der Waals surface area contributed by atoms with Gasteiger partial charge in [-0.3, -0.25) is 0 Å². The van der Waals surface area contributed by atoms with Crippen LogP contribution in [0.4, 0.5) is 17.6 Å². The highest BCUT2D eigenvalue weighted by Gasteiger charge is 2.25. The van der Waals surface area contributed by atoms with Gasteiger partial charge < -0.3 is 4.74 Å². The van der Waals surface area contributed by atoms with Crippen LogP contribution >= 0.6 is 0 Å². The van der Waals surface area contributed by atoms with Crippen molar-refractivity contribution in [2.45, 2.75) is 77.6 Å². The maximum absolute atomic E-state index is 14.6. The number of aryl methyl sites for hydroxylation is 2. The highest BCUT2D eigenvalue weighted by atomic mass is 19.2. The van der Waals surface area contributed by atoms with E-state index in [0.29, 0.717) is 48.5 Å². The second-order valence-corrected chi connectivity index (χ2v) is 8.97. The molecule has 1 fully saturated rings. The molecule has 2 aromatic carbocycles. The van der Waals surface area contributed by atoms with Gasteiger partial charge in [-0.25, -0.2) is 13.2 Å². The van der Waals surface area contributed by atoms with Crippen molar-refractivity contribution in [2.24, 2.45) is 5.92 Å². The van der Waals surface area contributed by atoms with Crippen molar-refractivity contribution < 1.29 is 22.3 Å². The first-order valence-electron chi connectivity index (χ1n) is 12.2. The summed E-state index contributed by atoms with van der Waals surface area (Å²) < 4.78 is 62.5. The van der Waals surface area contributed by atoms with Crippen molar-refractivity contribution in [2.75, 3.05) is 6.61 Å². The predicted octanol–water partition coefficient (Wildman–Crippen LogP) is 8.45. The fourth-order valence-corrected chi connectivity index (χ4v) is 4.62. The third-order valence-corrected chi connectivity index (χ3v) is 6.50. The Kier molecular flexibility index (Phi) is 9.40. The molecule has 0 bridgehead atoms. The van der Waals surface area contributed by atoms with Gasteiger partial charge in [-0.15, -0.1) is 0 Å². The Balaban J connectivity index is 1.49. The minimum absolute atomic E-state index is 0.0401. The standard InChI is InChI=1S/C28H34F4O/c1-3-7-21-14-16-23(27(31)25(21)29)20-12-10-19(11-13-20)8-5-6-9-22-15-17-24(33-18-4-2)28(32)26(22)30/h5,8,14-17,19-20H,3-4,6-7,9-13,18H2,1-2H3. The Morgan fingerprint density at radius 3 is 2.15 bits per heavy atom. The van der Waals surface area contributed by atoms with E-state index >= 15 is 0 Å². The van der Waals surface area contributed by atoms with Gasteiger partial charge in [0, 0.05) is 0 Å². The van der Waals surface area contributed by atoms with E-state index in [-0.39, 0.29) is 11.7 Å². The third-order valence-electron chi connectivity index (χ3n) is 6.50. The third kappa shape index (κ3) is 6.39. The van der Waals surface area contributed by atoms with Crippen LogP contribution in [0.5, 0.6) is 5.75 Å². The molecule has 1 aliphatic rings. The van der Waals surface area contributed by atoms with Crippen LogP contribution in [0.1, 0.15) is 81.4 Å². The van der Waals surface area contributed by atoms with Crippen molar-refractivity contribution in [1.82, 2.24) is 0 Å². The molecule has 0 amide bonds. The minimum Gasteiger partial charge on any atom is -0.490 e. The quantitative estimate of drug-likeness (QED) is 0.254. The largest absolute Gasteiger partial charge is 0.490 e. The monoisotopic (exact) mass is 462 g/mol. The van der Waals surface area contributed by atoms with E-state index in [1.165, 1.54) is 6.07 Å². The molecule has 0 N–H and O–H groups in total. The van der Waals surface area contributed by atoms with Crippen LogP contribution in [0.25, 0.3) is 0 Å². The predicted molar refractivity (Wildman–Crippen MR) is 125 cm³/mol. The Labute approximate surface area is 194 Å². The van der Waals surface area contributed by atoms with E-state index < -0.39 is 23.3 Å². The summed E-state index contributed by atoms with van der Waals surface area (Å²) in [5.74, 6) is -2.75. The van der Waals surface area contributed by atoms with E-state index in [1.54, 1.807) is 18.2 Å². The molecule has 0 spiro atoms.